The molecule has 0 spiro atoms. The molecule has 0 saturated carbocycles. The van der Waals surface area contributed by atoms with Gasteiger partial charge in [0.05, 0.1) is 0 Å². The van der Waals surface area contributed by atoms with E-state index in [0.29, 0.717) is 36.6 Å². The highest BCUT2D eigenvalue weighted by molar-refractivity contribution is 6.00. The lowest BCUT2D eigenvalue weighted by molar-refractivity contribution is -0.137. The van der Waals surface area contributed by atoms with E-state index in [9.17, 15) is 18.8 Å². The van der Waals surface area contributed by atoms with Crippen LogP contribution in [0, 0.1) is 11.7 Å². The van der Waals surface area contributed by atoms with E-state index in [2.05, 4.69) is 17.4 Å². The van der Waals surface area contributed by atoms with Crippen LogP contribution in [0.5, 0.6) is 11.5 Å². The van der Waals surface area contributed by atoms with Crippen molar-refractivity contribution in [3.63, 3.8) is 0 Å². The van der Waals surface area contributed by atoms with Gasteiger partial charge in [-0.15, -0.1) is 0 Å². The van der Waals surface area contributed by atoms with Crippen LogP contribution in [0.1, 0.15) is 31.2 Å². The fourth-order valence-electron chi connectivity index (χ4n) is 5.19. The summed E-state index contributed by atoms with van der Waals surface area (Å²) in [6, 6.07) is 22.0. The summed E-state index contributed by atoms with van der Waals surface area (Å²) in [5.74, 6) is 0.368. The molecule has 3 aromatic carbocycles. The summed E-state index contributed by atoms with van der Waals surface area (Å²) in [6.07, 6.45) is 7.70. The van der Waals surface area contributed by atoms with Crippen molar-refractivity contribution in [2.75, 3.05) is 11.9 Å². The number of carbonyl (C=O) groups excluding carboxylic acids is 3. The second kappa shape index (κ2) is 12.6. The number of nitrogens with one attached hydrogen (secondary N) is 1. The van der Waals surface area contributed by atoms with Gasteiger partial charge in [-0.1, -0.05) is 48.6 Å². The molecule has 2 aliphatic rings. The molecule has 1 unspecified atom stereocenters. The van der Waals surface area contributed by atoms with Gasteiger partial charge in [-0.3, -0.25) is 14.4 Å². The molecule has 1 saturated heterocycles. The summed E-state index contributed by atoms with van der Waals surface area (Å²) >= 11 is 0. The van der Waals surface area contributed by atoms with Crippen LogP contribution in [0.25, 0.3) is 0 Å². The molecule has 0 radical (unpaired) electrons. The Hall–Kier alpha value is -4.52. The molecular formula is C33H31FN2O4. The number of amides is 2. The second-order valence-corrected chi connectivity index (χ2v) is 10.2. The average Bonchev–Trinajstić information content (AvgIpc) is 3.66. The van der Waals surface area contributed by atoms with E-state index in [1.165, 1.54) is 24.3 Å². The SMILES string of the molecule is O=C(CCC(=O)N1CC(Cc2ccccc2)C[C@H]1C(=O)Nc1ccc(Oc2ccc(F)cc2)cc1)C1=CC=CC1. The first-order chi connectivity index (χ1) is 19.4. The van der Waals surface area contributed by atoms with E-state index in [4.69, 9.17) is 4.74 Å². The number of rotatable bonds is 10. The topological polar surface area (TPSA) is 75.7 Å². The third-order valence-electron chi connectivity index (χ3n) is 7.24. The van der Waals surface area contributed by atoms with Crippen LogP contribution in [0.4, 0.5) is 10.1 Å². The van der Waals surface area contributed by atoms with Gasteiger partial charge in [-0.2, -0.15) is 0 Å². The third kappa shape index (κ3) is 6.91. The molecule has 2 amide bonds. The fraction of sp³-hybridized carbons (Fsp3) is 0.242. The van der Waals surface area contributed by atoms with Gasteiger partial charge < -0.3 is 15.0 Å². The number of halogens is 1. The number of allylic oxidation sites excluding steroid dienone is 4. The van der Waals surface area contributed by atoms with Gasteiger partial charge in [-0.25, -0.2) is 4.39 Å². The number of hydrogen-bond donors (Lipinski definition) is 1. The molecule has 1 fully saturated rings. The van der Waals surface area contributed by atoms with Crippen LogP contribution in [0.3, 0.4) is 0 Å². The number of carbonyl (C=O) groups is 3. The molecule has 1 aliphatic carbocycles. The van der Waals surface area contributed by atoms with E-state index in [-0.39, 0.29) is 42.2 Å². The summed E-state index contributed by atoms with van der Waals surface area (Å²) < 4.78 is 18.9. The van der Waals surface area contributed by atoms with Crippen LogP contribution < -0.4 is 10.1 Å². The summed E-state index contributed by atoms with van der Waals surface area (Å²) in [5.41, 5.74) is 2.46. The Morgan fingerprint density at radius 3 is 2.27 bits per heavy atom. The van der Waals surface area contributed by atoms with Crippen LogP contribution in [-0.4, -0.2) is 35.1 Å². The van der Waals surface area contributed by atoms with Gasteiger partial charge >= 0.3 is 0 Å². The number of nitrogens with zero attached hydrogens (tertiary/aromatic N) is 1. The summed E-state index contributed by atoms with van der Waals surface area (Å²) in [4.78, 5) is 40.9. The highest BCUT2D eigenvalue weighted by Crippen LogP contribution is 2.29. The molecule has 1 aliphatic heterocycles. The molecule has 0 aromatic heterocycles. The van der Waals surface area contributed by atoms with Crippen LogP contribution in [-0.2, 0) is 20.8 Å². The Morgan fingerprint density at radius 1 is 0.900 bits per heavy atom. The number of likely N-dealkylation sites (tertiary alicyclic amines) is 1. The quantitative estimate of drug-likeness (QED) is 0.331. The molecule has 5 rings (SSSR count). The van der Waals surface area contributed by atoms with E-state index in [0.717, 1.165) is 17.6 Å². The Kier molecular flexibility index (Phi) is 8.50. The van der Waals surface area contributed by atoms with E-state index >= 15 is 0 Å². The fourth-order valence-corrected chi connectivity index (χ4v) is 5.19. The zero-order valence-corrected chi connectivity index (χ0v) is 22.1. The lowest BCUT2D eigenvalue weighted by atomic mass is 9.96. The van der Waals surface area contributed by atoms with Crippen molar-refractivity contribution < 1.29 is 23.5 Å². The van der Waals surface area contributed by atoms with Crippen LogP contribution in [0.2, 0.25) is 0 Å². The maximum atomic E-state index is 13.4. The van der Waals surface area contributed by atoms with Gasteiger partial charge in [0.2, 0.25) is 11.8 Å². The Balaban J connectivity index is 1.23. The Morgan fingerprint density at radius 2 is 1.60 bits per heavy atom. The van der Waals surface area contributed by atoms with Gasteiger partial charge in [-0.05, 0) is 84.8 Å². The maximum Gasteiger partial charge on any atom is 0.247 e. The van der Waals surface area contributed by atoms with Crippen molar-refractivity contribution in [3.8, 4) is 11.5 Å². The van der Waals surface area contributed by atoms with Crippen molar-refractivity contribution in [2.45, 2.75) is 38.1 Å². The van der Waals surface area contributed by atoms with Gasteiger partial charge in [0.15, 0.2) is 5.78 Å². The minimum atomic E-state index is -0.626. The van der Waals surface area contributed by atoms with Gasteiger partial charge in [0, 0.05) is 25.1 Å². The largest absolute Gasteiger partial charge is 0.457 e. The molecule has 6 nitrogen and oxygen atoms in total. The zero-order chi connectivity index (χ0) is 27.9. The van der Waals surface area contributed by atoms with Crippen LogP contribution in [0.15, 0.2) is 103 Å². The molecular weight excluding hydrogens is 507 g/mol. The number of hydrogen-bond acceptors (Lipinski definition) is 4. The highest BCUT2D eigenvalue weighted by Gasteiger charge is 2.39. The second-order valence-electron chi connectivity index (χ2n) is 10.2. The molecule has 1 N–H and O–H groups in total. The Labute approximate surface area is 233 Å². The molecule has 40 heavy (non-hydrogen) atoms. The smallest absolute Gasteiger partial charge is 0.247 e. The summed E-state index contributed by atoms with van der Waals surface area (Å²) in [7, 11) is 0. The standard InChI is InChI=1S/C33H31FN2O4/c34-26-10-14-28(15-11-26)40-29-16-12-27(13-17-29)35-33(39)30-21-24(20-23-6-2-1-3-7-23)22-36(30)32(38)19-18-31(37)25-8-4-5-9-25/h1-8,10-17,24,30H,9,18-22H2,(H,35,39)/t24?,30-/m0/s1. The van der Waals surface area contributed by atoms with Crippen molar-refractivity contribution >= 4 is 23.3 Å². The number of ether oxygens (including phenoxy) is 1. The molecule has 2 atom stereocenters. The predicted molar refractivity (Wildman–Crippen MR) is 151 cm³/mol. The molecule has 7 heteroatoms. The summed E-state index contributed by atoms with van der Waals surface area (Å²) in [6.45, 7) is 0.467. The van der Waals surface area contributed by atoms with Crippen molar-refractivity contribution in [1.82, 2.24) is 4.90 Å². The third-order valence-corrected chi connectivity index (χ3v) is 7.24. The first kappa shape index (κ1) is 27.1. The normalized spacial score (nSPS) is 17.9. The van der Waals surface area contributed by atoms with Crippen molar-refractivity contribution in [3.05, 3.63) is 114 Å². The van der Waals surface area contributed by atoms with E-state index in [1.54, 1.807) is 35.2 Å². The number of Topliss-reactive ketones (excluding diaryl/α,β-unsaturated/α-hetero) is 1. The van der Waals surface area contributed by atoms with E-state index < -0.39 is 6.04 Å². The number of anilines is 1. The summed E-state index contributed by atoms with van der Waals surface area (Å²) in [5, 5.41) is 2.94. The Bertz CT molecular complexity index is 1420. The molecule has 1 heterocycles. The lowest BCUT2D eigenvalue weighted by Gasteiger charge is -2.24. The number of benzene rings is 3. The molecule has 204 valence electrons. The predicted octanol–water partition coefficient (Wildman–Crippen LogP) is 6.25. The first-order valence-electron chi connectivity index (χ1n) is 13.5. The van der Waals surface area contributed by atoms with E-state index in [1.807, 2.05) is 30.4 Å². The van der Waals surface area contributed by atoms with Gasteiger partial charge in [0.1, 0.15) is 23.4 Å². The lowest BCUT2D eigenvalue weighted by Crippen LogP contribution is -2.43. The number of ketones is 1. The minimum absolute atomic E-state index is 0.0256. The highest BCUT2D eigenvalue weighted by atomic mass is 19.1. The maximum absolute atomic E-state index is 13.4. The molecule has 3 aromatic rings. The zero-order valence-electron chi connectivity index (χ0n) is 22.1. The van der Waals surface area contributed by atoms with Gasteiger partial charge in [0.25, 0.3) is 0 Å². The van der Waals surface area contributed by atoms with Crippen molar-refractivity contribution in [2.24, 2.45) is 5.92 Å². The van der Waals surface area contributed by atoms with Crippen molar-refractivity contribution in [1.29, 1.82) is 0 Å². The average molecular weight is 539 g/mol. The molecule has 0 bridgehead atoms. The van der Waals surface area contributed by atoms with Crippen LogP contribution >= 0.6 is 0 Å². The monoisotopic (exact) mass is 538 g/mol. The first-order valence-corrected chi connectivity index (χ1v) is 13.5. The minimum Gasteiger partial charge on any atom is -0.457 e.